The number of carboxylic acids is 2. The normalized spacial score (nSPS) is 11.8. The zero-order chi connectivity index (χ0) is 11.8. The third-order valence-corrected chi connectivity index (χ3v) is 2.43. The number of aliphatic carboxylic acids is 2. The highest BCUT2D eigenvalue weighted by molar-refractivity contribution is 7.99. The minimum Gasteiger partial charge on any atom is -0.481 e. The summed E-state index contributed by atoms with van der Waals surface area (Å²) >= 11 is 1.12. The fraction of sp³-hybridized carbons (Fsp3) is 0.625. The summed E-state index contributed by atoms with van der Waals surface area (Å²) in [6.07, 6.45) is 0.215. The van der Waals surface area contributed by atoms with Gasteiger partial charge in [0.15, 0.2) is 0 Å². The lowest BCUT2D eigenvalue weighted by Crippen LogP contribution is -2.39. The van der Waals surface area contributed by atoms with Gasteiger partial charge in [-0.05, 0) is 12.2 Å². The zero-order valence-corrected chi connectivity index (χ0v) is 9.04. The minimum absolute atomic E-state index is 0.0631. The van der Waals surface area contributed by atoms with Crippen molar-refractivity contribution < 1.29 is 24.6 Å². The van der Waals surface area contributed by atoms with E-state index < -0.39 is 23.9 Å². The van der Waals surface area contributed by atoms with Crippen molar-refractivity contribution in [3.05, 3.63) is 0 Å². The first-order valence-corrected chi connectivity index (χ1v) is 5.38. The number of hydrogen-bond acceptors (Lipinski definition) is 4. The second-order valence-electron chi connectivity index (χ2n) is 2.83. The van der Waals surface area contributed by atoms with Gasteiger partial charge < -0.3 is 15.5 Å². The lowest BCUT2D eigenvalue weighted by Gasteiger charge is -2.12. The van der Waals surface area contributed by atoms with Crippen LogP contribution in [0.5, 0.6) is 0 Å². The minimum atomic E-state index is -1.11. The van der Waals surface area contributed by atoms with E-state index in [9.17, 15) is 14.4 Å². The predicted molar refractivity (Wildman–Crippen MR) is 54.8 cm³/mol. The molecular weight excluding hydrogens is 222 g/mol. The van der Waals surface area contributed by atoms with Gasteiger partial charge in [-0.2, -0.15) is 11.8 Å². The van der Waals surface area contributed by atoms with E-state index in [1.807, 2.05) is 0 Å². The maximum Gasteiger partial charge on any atom is 0.326 e. The lowest BCUT2D eigenvalue weighted by atomic mass is 10.2. The van der Waals surface area contributed by atoms with Crippen LogP contribution in [-0.2, 0) is 14.4 Å². The van der Waals surface area contributed by atoms with Crippen molar-refractivity contribution >= 4 is 29.6 Å². The molecule has 3 N–H and O–H groups in total. The molecule has 0 aromatic carbocycles. The van der Waals surface area contributed by atoms with Gasteiger partial charge in [0, 0.05) is 6.92 Å². The molecular formula is C8H13NO5S. The molecule has 0 heterocycles. The molecule has 0 fully saturated rings. The fourth-order valence-electron chi connectivity index (χ4n) is 0.863. The number of hydrogen-bond donors (Lipinski definition) is 3. The number of nitrogens with one attached hydrogen (secondary N) is 1. The standard InChI is InChI=1S/C8H13NO5S/c1-5(10)9-6(8(13)14)2-3-15-4-7(11)12/h6H,2-4H2,1H3,(H,9,10)(H,11,12)(H,13,14)/t6-/m1/s1. The maximum absolute atomic E-state index is 10.6. The first kappa shape index (κ1) is 13.8. The molecule has 0 aromatic rings. The van der Waals surface area contributed by atoms with Gasteiger partial charge in [-0.3, -0.25) is 9.59 Å². The Labute approximate surface area is 91.0 Å². The SMILES string of the molecule is CC(=O)N[C@H](CCSCC(=O)O)C(=O)O. The number of carboxylic acid groups (broad SMARTS) is 2. The summed E-state index contributed by atoms with van der Waals surface area (Å²) in [6.45, 7) is 1.24. The van der Waals surface area contributed by atoms with Crippen molar-refractivity contribution in [2.45, 2.75) is 19.4 Å². The Kier molecular flexibility index (Phi) is 6.52. The summed E-state index contributed by atoms with van der Waals surface area (Å²) in [5, 5.41) is 19.3. The summed E-state index contributed by atoms with van der Waals surface area (Å²) in [5.74, 6) is -2.14. The summed E-state index contributed by atoms with van der Waals surface area (Å²) in [5.41, 5.74) is 0. The quantitative estimate of drug-likeness (QED) is 0.527. The Morgan fingerprint density at radius 3 is 2.33 bits per heavy atom. The van der Waals surface area contributed by atoms with Gasteiger partial charge in [-0.15, -0.1) is 0 Å². The van der Waals surface area contributed by atoms with Crippen molar-refractivity contribution in [2.24, 2.45) is 0 Å². The van der Waals surface area contributed by atoms with E-state index in [1.165, 1.54) is 6.92 Å². The molecule has 6 nitrogen and oxygen atoms in total. The lowest BCUT2D eigenvalue weighted by molar-refractivity contribution is -0.141. The first-order chi connectivity index (χ1) is 6.93. The van der Waals surface area contributed by atoms with E-state index in [4.69, 9.17) is 10.2 Å². The van der Waals surface area contributed by atoms with Crippen LogP contribution in [0, 0.1) is 0 Å². The Bertz CT molecular complexity index is 255. The van der Waals surface area contributed by atoms with Crippen LogP contribution in [0.15, 0.2) is 0 Å². The number of amides is 1. The predicted octanol–water partition coefficient (Wildman–Crippen LogP) is -0.216. The van der Waals surface area contributed by atoms with Crippen molar-refractivity contribution in [1.82, 2.24) is 5.32 Å². The van der Waals surface area contributed by atoms with Gasteiger partial charge in [0.1, 0.15) is 6.04 Å². The molecule has 0 aromatic heterocycles. The summed E-state index contributed by atoms with van der Waals surface area (Å²) in [4.78, 5) is 31.4. The van der Waals surface area contributed by atoms with Crippen LogP contribution in [0.2, 0.25) is 0 Å². The van der Waals surface area contributed by atoms with Gasteiger partial charge in [-0.25, -0.2) is 4.79 Å². The largest absolute Gasteiger partial charge is 0.481 e. The number of carbonyl (C=O) groups is 3. The van der Waals surface area contributed by atoms with E-state index in [-0.39, 0.29) is 12.2 Å². The topological polar surface area (TPSA) is 104 Å². The molecule has 0 unspecified atom stereocenters. The molecule has 1 amide bonds. The molecule has 1 atom stereocenters. The van der Waals surface area contributed by atoms with Crippen LogP contribution in [0.4, 0.5) is 0 Å². The summed E-state index contributed by atoms with van der Waals surface area (Å²) in [7, 11) is 0. The Balaban J connectivity index is 3.81. The molecule has 0 radical (unpaired) electrons. The van der Waals surface area contributed by atoms with Gasteiger partial charge in [-0.1, -0.05) is 0 Å². The Morgan fingerprint density at radius 2 is 1.93 bits per heavy atom. The second kappa shape index (κ2) is 7.10. The average Bonchev–Trinajstić information content (AvgIpc) is 2.08. The van der Waals surface area contributed by atoms with Crippen LogP contribution in [0.1, 0.15) is 13.3 Å². The fourth-order valence-corrected chi connectivity index (χ4v) is 1.58. The maximum atomic E-state index is 10.6. The summed E-state index contributed by atoms with van der Waals surface area (Å²) in [6, 6.07) is -0.941. The van der Waals surface area contributed by atoms with Crippen LogP contribution in [0.25, 0.3) is 0 Å². The Hall–Kier alpha value is -1.24. The number of carbonyl (C=O) groups excluding carboxylic acids is 1. The third-order valence-electron chi connectivity index (χ3n) is 1.45. The smallest absolute Gasteiger partial charge is 0.326 e. The van der Waals surface area contributed by atoms with Gasteiger partial charge in [0.2, 0.25) is 5.91 Å². The van der Waals surface area contributed by atoms with Crippen LogP contribution >= 0.6 is 11.8 Å². The van der Waals surface area contributed by atoms with Crippen LogP contribution in [-0.4, -0.2) is 45.6 Å². The van der Waals surface area contributed by atoms with Crippen LogP contribution in [0.3, 0.4) is 0 Å². The monoisotopic (exact) mass is 235 g/mol. The molecule has 86 valence electrons. The van der Waals surface area contributed by atoms with E-state index in [1.54, 1.807) is 0 Å². The third kappa shape index (κ3) is 7.80. The summed E-state index contributed by atoms with van der Waals surface area (Å²) < 4.78 is 0. The van der Waals surface area contributed by atoms with Gasteiger partial charge >= 0.3 is 11.9 Å². The van der Waals surface area contributed by atoms with E-state index in [0.29, 0.717) is 5.75 Å². The molecule has 0 aliphatic heterocycles. The zero-order valence-electron chi connectivity index (χ0n) is 8.23. The molecule has 0 rings (SSSR count). The Morgan fingerprint density at radius 1 is 1.33 bits per heavy atom. The molecule has 0 spiro atoms. The van der Waals surface area contributed by atoms with E-state index >= 15 is 0 Å². The molecule has 0 saturated heterocycles. The first-order valence-electron chi connectivity index (χ1n) is 4.23. The van der Waals surface area contributed by atoms with E-state index in [0.717, 1.165) is 11.8 Å². The average molecular weight is 235 g/mol. The molecule has 0 aliphatic carbocycles. The molecule has 0 saturated carbocycles. The van der Waals surface area contributed by atoms with Gasteiger partial charge in [0.05, 0.1) is 5.75 Å². The van der Waals surface area contributed by atoms with Crippen LogP contribution < -0.4 is 5.32 Å². The second-order valence-corrected chi connectivity index (χ2v) is 3.93. The van der Waals surface area contributed by atoms with E-state index in [2.05, 4.69) is 5.32 Å². The molecule has 7 heteroatoms. The van der Waals surface area contributed by atoms with Crippen molar-refractivity contribution in [1.29, 1.82) is 0 Å². The molecule has 0 bridgehead atoms. The molecule has 0 aliphatic rings. The highest BCUT2D eigenvalue weighted by Gasteiger charge is 2.17. The van der Waals surface area contributed by atoms with Gasteiger partial charge in [0.25, 0.3) is 0 Å². The highest BCUT2D eigenvalue weighted by atomic mass is 32.2. The van der Waals surface area contributed by atoms with Crippen molar-refractivity contribution in [3.8, 4) is 0 Å². The molecule has 15 heavy (non-hydrogen) atoms. The number of thioether (sulfide) groups is 1. The number of rotatable bonds is 7. The highest BCUT2D eigenvalue weighted by Crippen LogP contribution is 2.05. The van der Waals surface area contributed by atoms with Crippen molar-refractivity contribution in [3.63, 3.8) is 0 Å². The van der Waals surface area contributed by atoms with Crippen molar-refractivity contribution in [2.75, 3.05) is 11.5 Å².